The average molecular weight is 366 g/mol. The third-order valence-electron chi connectivity index (χ3n) is 3.37. The first-order valence-corrected chi connectivity index (χ1v) is 8.57. The van der Waals surface area contributed by atoms with Crippen molar-refractivity contribution in [3.8, 4) is 23.0 Å². The number of benzene rings is 2. The molecule has 3 N–H and O–H groups in total. The Kier molecular flexibility index (Phi) is 5.38. The molecule has 8 nitrogen and oxygen atoms in total. The first-order valence-electron chi connectivity index (χ1n) is 7.09. The van der Waals surface area contributed by atoms with E-state index in [4.69, 9.17) is 9.47 Å². The van der Waals surface area contributed by atoms with Gasteiger partial charge in [0, 0.05) is 11.6 Å². The first-order chi connectivity index (χ1) is 11.8. The summed E-state index contributed by atoms with van der Waals surface area (Å²) in [7, 11) is -1.12. The highest BCUT2D eigenvalue weighted by Gasteiger charge is 2.17. The summed E-state index contributed by atoms with van der Waals surface area (Å²) in [6, 6.07) is 7.98. The predicted octanol–water partition coefficient (Wildman–Crippen LogP) is 1.82. The van der Waals surface area contributed by atoms with Gasteiger partial charge in [0.1, 0.15) is 11.5 Å². The third kappa shape index (κ3) is 4.13. The Bertz CT molecular complexity index is 909. The van der Waals surface area contributed by atoms with Crippen molar-refractivity contribution in [2.45, 2.75) is 11.8 Å². The largest absolute Gasteiger partial charge is 0.508 e. The maximum absolute atomic E-state index is 12.4. The Hall–Kier alpha value is -2.94. The maximum atomic E-state index is 12.4. The van der Waals surface area contributed by atoms with Crippen LogP contribution in [0.25, 0.3) is 0 Å². The fraction of sp³-hybridized carbons (Fsp3) is 0.188. The zero-order chi connectivity index (χ0) is 18.6. The number of phenols is 2. The fourth-order valence-electron chi connectivity index (χ4n) is 2.04. The zero-order valence-corrected chi connectivity index (χ0v) is 14.7. The van der Waals surface area contributed by atoms with Gasteiger partial charge in [-0.3, -0.25) is 0 Å². The molecular weight excluding hydrogens is 348 g/mol. The molecule has 134 valence electrons. The summed E-state index contributed by atoms with van der Waals surface area (Å²) in [5.41, 5.74) is 0.382. The standard InChI is InChI=1S/C16H18N2O6S/c1-10(13-8-11(19)4-6-14(13)20)17-18-25(21,22)12-5-7-15(23-2)16(9-12)24-3/h4-9,18-20H,1-3H3/b17-10+. The lowest BCUT2D eigenvalue weighted by Gasteiger charge is -2.10. The number of nitrogens with zero attached hydrogens (tertiary/aromatic N) is 1. The van der Waals surface area contributed by atoms with Gasteiger partial charge >= 0.3 is 0 Å². The van der Waals surface area contributed by atoms with Crippen LogP contribution in [0.2, 0.25) is 0 Å². The van der Waals surface area contributed by atoms with E-state index in [1.165, 1.54) is 57.5 Å². The molecule has 0 heterocycles. The van der Waals surface area contributed by atoms with Crippen molar-refractivity contribution in [1.29, 1.82) is 0 Å². The predicted molar refractivity (Wildman–Crippen MR) is 91.9 cm³/mol. The summed E-state index contributed by atoms with van der Waals surface area (Å²) >= 11 is 0. The van der Waals surface area contributed by atoms with E-state index in [2.05, 4.69) is 9.93 Å². The number of hydrogen-bond donors (Lipinski definition) is 3. The van der Waals surface area contributed by atoms with Gasteiger partial charge in [0.2, 0.25) is 0 Å². The molecule has 0 amide bonds. The number of methoxy groups -OCH3 is 2. The molecule has 0 bridgehead atoms. The highest BCUT2D eigenvalue weighted by Crippen LogP contribution is 2.29. The second kappa shape index (κ2) is 7.31. The molecule has 0 fully saturated rings. The molecule has 0 unspecified atom stereocenters. The molecule has 0 aliphatic heterocycles. The SMILES string of the molecule is COc1ccc(S(=O)(=O)N/N=C(\C)c2cc(O)ccc2O)cc1OC. The molecule has 0 saturated heterocycles. The molecule has 0 aliphatic rings. The molecule has 0 radical (unpaired) electrons. The zero-order valence-electron chi connectivity index (χ0n) is 13.8. The molecule has 0 spiro atoms. The van der Waals surface area contributed by atoms with Crippen molar-refractivity contribution in [2.75, 3.05) is 14.2 Å². The Morgan fingerprint density at radius 2 is 1.72 bits per heavy atom. The lowest BCUT2D eigenvalue weighted by atomic mass is 10.1. The number of nitrogens with one attached hydrogen (secondary N) is 1. The minimum atomic E-state index is -3.96. The molecule has 0 aromatic heterocycles. The van der Waals surface area contributed by atoms with Gasteiger partial charge in [-0.05, 0) is 37.3 Å². The van der Waals surface area contributed by atoms with Gasteiger partial charge in [-0.1, -0.05) is 0 Å². The molecule has 25 heavy (non-hydrogen) atoms. The van der Waals surface area contributed by atoms with E-state index in [-0.39, 0.29) is 33.4 Å². The molecule has 0 atom stereocenters. The topological polar surface area (TPSA) is 117 Å². The number of ether oxygens (including phenoxy) is 2. The van der Waals surface area contributed by atoms with E-state index in [0.29, 0.717) is 5.75 Å². The van der Waals surface area contributed by atoms with Crippen molar-refractivity contribution >= 4 is 15.7 Å². The van der Waals surface area contributed by atoms with E-state index in [1.54, 1.807) is 0 Å². The Morgan fingerprint density at radius 3 is 2.36 bits per heavy atom. The van der Waals surface area contributed by atoms with Crippen molar-refractivity contribution in [1.82, 2.24) is 4.83 Å². The second-order valence-corrected chi connectivity index (χ2v) is 6.67. The van der Waals surface area contributed by atoms with Gasteiger partial charge in [-0.25, -0.2) is 0 Å². The summed E-state index contributed by atoms with van der Waals surface area (Å²) in [5, 5.41) is 23.0. The number of rotatable bonds is 6. The molecule has 2 aromatic rings. The highest BCUT2D eigenvalue weighted by molar-refractivity contribution is 7.89. The third-order valence-corrected chi connectivity index (χ3v) is 4.57. The van der Waals surface area contributed by atoms with Crippen LogP contribution in [0.3, 0.4) is 0 Å². The smallest absolute Gasteiger partial charge is 0.276 e. The van der Waals surface area contributed by atoms with Gasteiger partial charge < -0.3 is 19.7 Å². The van der Waals surface area contributed by atoms with Crippen LogP contribution in [-0.2, 0) is 10.0 Å². The highest BCUT2D eigenvalue weighted by atomic mass is 32.2. The summed E-state index contributed by atoms with van der Waals surface area (Å²) in [6.07, 6.45) is 0. The Morgan fingerprint density at radius 1 is 1.04 bits per heavy atom. The molecule has 0 saturated carbocycles. The van der Waals surface area contributed by atoms with Crippen molar-refractivity contribution in [2.24, 2.45) is 5.10 Å². The molecule has 0 aliphatic carbocycles. The van der Waals surface area contributed by atoms with Gasteiger partial charge in [-0.2, -0.15) is 18.4 Å². The number of sulfonamides is 1. The van der Waals surface area contributed by atoms with Crippen molar-refractivity contribution < 1.29 is 28.1 Å². The van der Waals surface area contributed by atoms with Gasteiger partial charge in [-0.15, -0.1) is 0 Å². The maximum Gasteiger partial charge on any atom is 0.276 e. The van der Waals surface area contributed by atoms with Crippen LogP contribution in [0, 0.1) is 0 Å². The molecule has 9 heteroatoms. The molecule has 2 aromatic carbocycles. The van der Waals surface area contributed by atoms with E-state index in [1.807, 2.05) is 0 Å². The monoisotopic (exact) mass is 366 g/mol. The first kappa shape index (κ1) is 18.4. The van der Waals surface area contributed by atoms with Gasteiger partial charge in [0.05, 0.1) is 24.8 Å². The summed E-state index contributed by atoms with van der Waals surface area (Å²) < 4.78 is 34.9. The normalized spacial score (nSPS) is 11.9. The number of aromatic hydroxyl groups is 2. The van der Waals surface area contributed by atoms with Crippen LogP contribution in [0.1, 0.15) is 12.5 Å². The molecular formula is C16H18N2O6S. The minimum Gasteiger partial charge on any atom is -0.508 e. The summed E-state index contributed by atoms with van der Waals surface area (Å²) in [4.78, 5) is 2.01. The minimum absolute atomic E-state index is 0.0677. The van der Waals surface area contributed by atoms with E-state index in [9.17, 15) is 18.6 Å². The lowest BCUT2D eigenvalue weighted by molar-refractivity contribution is 0.354. The van der Waals surface area contributed by atoms with Crippen LogP contribution in [0.4, 0.5) is 0 Å². The summed E-state index contributed by atoms with van der Waals surface area (Å²) in [6.45, 7) is 1.49. The van der Waals surface area contributed by atoms with Crippen LogP contribution >= 0.6 is 0 Å². The van der Waals surface area contributed by atoms with Crippen LogP contribution < -0.4 is 14.3 Å². The van der Waals surface area contributed by atoms with E-state index >= 15 is 0 Å². The lowest BCUT2D eigenvalue weighted by Crippen LogP contribution is -2.20. The van der Waals surface area contributed by atoms with Crippen LogP contribution in [-0.4, -0.2) is 38.6 Å². The van der Waals surface area contributed by atoms with E-state index in [0.717, 1.165) is 0 Å². The van der Waals surface area contributed by atoms with E-state index < -0.39 is 10.0 Å². The number of phenolic OH excluding ortho intramolecular Hbond substituents is 2. The van der Waals surface area contributed by atoms with Crippen molar-refractivity contribution in [3.63, 3.8) is 0 Å². The van der Waals surface area contributed by atoms with Gasteiger partial charge in [0.25, 0.3) is 10.0 Å². The number of hydrogen-bond acceptors (Lipinski definition) is 7. The molecule has 2 rings (SSSR count). The summed E-state index contributed by atoms with van der Waals surface area (Å²) in [5.74, 6) is 0.442. The van der Waals surface area contributed by atoms with Crippen molar-refractivity contribution in [3.05, 3.63) is 42.0 Å². The number of hydrazone groups is 1. The van der Waals surface area contributed by atoms with Crippen LogP contribution in [0.5, 0.6) is 23.0 Å². The Balaban J connectivity index is 2.31. The second-order valence-electron chi connectivity index (χ2n) is 5.01. The fourth-order valence-corrected chi connectivity index (χ4v) is 2.91. The average Bonchev–Trinajstić information content (AvgIpc) is 2.61. The van der Waals surface area contributed by atoms with Gasteiger partial charge in [0.15, 0.2) is 11.5 Å². The quantitative estimate of drug-likeness (QED) is 0.408. The Labute approximate surface area is 145 Å². The van der Waals surface area contributed by atoms with Crippen LogP contribution in [0.15, 0.2) is 46.4 Å².